The second-order valence-electron chi connectivity index (χ2n) is 18.6. The van der Waals surface area contributed by atoms with Gasteiger partial charge in [0, 0.05) is 0 Å². The maximum absolute atomic E-state index is 13.1. The van der Waals surface area contributed by atoms with Crippen molar-refractivity contribution in [2.45, 2.75) is 276 Å². The Morgan fingerprint density at radius 1 is 0.431 bits per heavy atom. The third kappa shape index (κ3) is 39.7. The first-order valence-corrected chi connectivity index (χ1v) is 28.4. The van der Waals surface area contributed by atoms with E-state index < -0.39 is 32.5 Å². The fourth-order valence-electron chi connectivity index (χ4n) is 8.67. The number of hydrogen-bond acceptors (Lipinski definition) is 7. The molecule has 1 rings (SSSR count). The van der Waals surface area contributed by atoms with Crippen molar-refractivity contribution in [2.75, 3.05) is 13.2 Å². The standard InChI is InChI=1S/C56H98O7S.K/c1-3-5-7-9-11-13-15-17-19-21-23-25-27-29-31-33-35-37-39-41-43-45-50-62-55(57)52-48-47-49-53(64(59,60)61)54(52)56(58)63-51-46-44-42-40-38-36-34-32-30-28-26-24-22-20-18-16-14-12-10-8-6-4-2;/h3-6,47-49H,7-46,50-51H2,1-2H3,(H,59,60,61);/q;+1/p-1/b5-3+,6-4+;. The summed E-state index contributed by atoms with van der Waals surface area (Å²) in [5.41, 5.74) is -0.765. The Kier molecular flexibility index (Phi) is 47.6. The van der Waals surface area contributed by atoms with E-state index in [1.54, 1.807) is 0 Å². The van der Waals surface area contributed by atoms with Gasteiger partial charge < -0.3 is 14.0 Å². The molecule has 0 amide bonds. The quantitative estimate of drug-likeness (QED) is 0.0210. The number of unbranched alkanes of at least 4 members (excludes halogenated alkanes) is 38. The summed E-state index contributed by atoms with van der Waals surface area (Å²) >= 11 is 0. The van der Waals surface area contributed by atoms with Crippen LogP contribution in [0.1, 0.15) is 291 Å². The van der Waals surface area contributed by atoms with Crippen molar-refractivity contribution in [1.29, 1.82) is 0 Å². The number of carbonyl (C=O) groups excluding carboxylic acids is 2. The van der Waals surface area contributed by atoms with E-state index in [0.717, 1.165) is 44.6 Å². The van der Waals surface area contributed by atoms with Gasteiger partial charge in [0.25, 0.3) is 0 Å². The number of allylic oxidation sites excluding steroid dienone is 4. The van der Waals surface area contributed by atoms with Gasteiger partial charge in [0.15, 0.2) is 0 Å². The van der Waals surface area contributed by atoms with Crippen LogP contribution in [0.5, 0.6) is 0 Å². The number of benzene rings is 1. The first-order valence-electron chi connectivity index (χ1n) is 27.0. The number of rotatable bonds is 47. The van der Waals surface area contributed by atoms with Gasteiger partial charge >= 0.3 is 63.3 Å². The largest absolute Gasteiger partial charge is 1.00 e. The van der Waals surface area contributed by atoms with E-state index in [2.05, 4.69) is 38.2 Å². The predicted octanol–water partition coefficient (Wildman–Crippen LogP) is 14.7. The number of hydrogen-bond donors (Lipinski definition) is 0. The monoisotopic (exact) mass is 953 g/mol. The molecule has 65 heavy (non-hydrogen) atoms. The SMILES string of the molecule is C/C=C/CCCCCCCCCCCCCCCCCCCCCOC(=O)c1cccc(S(=O)(=O)[O-])c1C(=O)OCCCCCCCCCCCCCCCCCCCCC/C=C/C.[K+]. The maximum Gasteiger partial charge on any atom is 1.00 e. The van der Waals surface area contributed by atoms with Gasteiger partial charge in [-0.05, 0) is 64.5 Å². The molecular weight excluding hydrogens is 856 g/mol. The molecule has 0 aliphatic rings. The topological polar surface area (TPSA) is 110 Å². The summed E-state index contributed by atoms with van der Waals surface area (Å²) in [6.45, 7) is 4.46. The van der Waals surface area contributed by atoms with Crippen molar-refractivity contribution in [1.82, 2.24) is 0 Å². The van der Waals surface area contributed by atoms with Gasteiger partial charge in [-0.2, -0.15) is 0 Å². The van der Waals surface area contributed by atoms with E-state index in [-0.39, 0.29) is 70.2 Å². The number of ether oxygens (including phenoxy) is 2. The number of esters is 2. The van der Waals surface area contributed by atoms with Crippen molar-refractivity contribution in [3.63, 3.8) is 0 Å². The van der Waals surface area contributed by atoms with E-state index in [9.17, 15) is 22.6 Å². The Labute approximate surface area is 443 Å². The molecule has 0 aliphatic heterocycles. The Balaban J connectivity index is 0.0000410. The number of carbonyl (C=O) groups is 2. The molecule has 9 heteroatoms. The van der Waals surface area contributed by atoms with Crippen LogP contribution in [0.4, 0.5) is 0 Å². The summed E-state index contributed by atoms with van der Waals surface area (Å²) in [7, 11) is -5.02. The summed E-state index contributed by atoms with van der Waals surface area (Å²) in [5, 5.41) is 0. The third-order valence-electron chi connectivity index (χ3n) is 12.7. The Hall–Kier alpha value is -0.814. The van der Waals surface area contributed by atoms with Crippen LogP contribution in [0, 0.1) is 0 Å². The van der Waals surface area contributed by atoms with Crippen LogP contribution in [0.3, 0.4) is 0 Å². The molecule has 0 N–H and O–H groups in total. The average molecular weight is 954 g/mol. The minimum Gasteiger partial charge on any atom is -0.744 e. The molecule has 0 aromatic heterocycles. The Morgan fingerprint density at radius 2 is 0.692 bits per heavy atom. The van der Waals surface area contributed by atoms with Gasteiger partial charge in [0.1, 0.15) is 10.1 Å². The van der Waals surface area contributed by atoms with Gasteiger partial charge in [0.2, 0.25) is 0 Å². The molecule has 0 aliphatic carbocycles. The second-order valence-corrected chi connectivity index (χ2v) is 19.9. The van der Waals surface area contributed by atoms with E-state index in [1.807, 2.05) is 0 Å². The summed E-state index contributed by atoms with van der Waals surface area (Å²) in [5.74, 6) is -1.80. The molecule has 0 heterocycles. The van der Waals surface area contributed by atoms with Gasteiger partial charge in [-0.1, -0.05) is 249 Å². The minimum atomic E-state index is -5.02. The first-order chi connectivity index (χ1) is 31.3. The van der Waals surface area contributed by atoms with Crippen LogP contribution in [-0.2, 0) is 19.6 Å². The maximum atomic E-state index is 13.1. The van der Waals surface area contributed by atoms with Crippen molar-refractivity contribution >= 4 is 22.1 Å². The van der Waals surface area contributed by atoms with Crippen LogP contribution < -0.4 is 51.4 Å². The van der Waals surface area contributed by atoms with Crippen LogP contribution in [0.25, 0.3) is 0 Å². The fourth-order valence-corrected chi connectivity index (χ4v) is 9.36. The molecule has 0 fully saturated rings. The summed E-state index contributed by atoms with van der Waals surface area (Å²) < 4.78 is 47.0. The molecule has 0 saturated heterocycles. The van der Waals surface area contributed by atoms with E-state index in [4.69, 9.17) is 9.47 Å². The smallest absolute Gasteiger partial charge is 0.744 e. The van der Waals surface area contributed by atoms with E-state index in [0.29, 0.717) is 12.8 Å². The zero-order valence-electron chi connectivity index (χ0n) is 42.5. The van der Waals surface area contributed by atoms with Gasteiger partial charge in [-0.3, -0.25) is 0 Å². The molecule has 0 saturated carbocycles. The first kappa shape index (κ1) is 64.2. The summed E-state index contributed by atoms with van der Waals surface area (Å²) in [4.78, 5) is 25.4. The normalized spacial score (nSPS) is 11.7. The molecule has 0 atom stereocenters. The molecule has 7 nitrogen and oxygen atoms in total. The van der Waals surface area contributed by atoms with Crippen molar-refractivity contribution < 1.29 is 83.4 Å². The van der Waals surface area contributed by atoms with Gasteiger partial charge in [0.05, 0.1) is 29.2 Å². The molecule has 370 valence electrons. The molecule has 1 aromatic rings. The molecular formula is C56H97KO7S. The van der Waals surface area contributed by atoms with Gasteiger partial charge in [-0.25, -0.2) is 18.0 Å². The summed E-state index contributed by atoms with van der Waals surface area (Å²) in [6, 6.07) is 3.66. The molecule has 0 radical (unpaired) electrons. The van der Waals surface area contributed by atoms with Gasteiger partial charge in [-0.15, -0.1) is 0 Å². The fraction of sp³-hybridized carbons (Fsp3) is 0.786. The summed E-state index contributed by atoms with van der Waals surface area (Å²) in [6.07, 6.45) is 59.3. The molecule has 0 bridgehead atoms. The molecule has 1 aromatic carbocycles. The van der Waals surface area contributed by atoms with Crippen LogP contribution in [0.2, 0.25) is 0 Å². The molecule has 0 spiro atoms. The zero-order chi connectivity index (χ0) is 46.4. The third-order valence-corrected chi connectivity index (χ3v) is 13.6. The zero-order valence-corrected chi connectivity index (χ0v) is 46.4. The van der Waals surface area contributed by atoms with Crippen LogP contribution in [0.15, 0.2) is 47.4 Å². The van der Waals surface area contributed by atoms with Crippen molar-refractivity contribution in [2.24, 2.45) is 0 Å². The Morgan fingerprint density at radius 3 is 0.969 bits per heavy atom. The van der Waals surface area contributed by atoms with Crippen molar-refractivity contribution in [3.8, 4) is 0 Å². The minimum absolute atomic E-state index is 0. The van der Waals surface area contributed by atoms with Crippen LogP contribution >= 0.6 is 0 Å². The van der Waals surface area contributed by atoms with E-state index in [1.165, 1.54) is 218 Å². The Bertz CT molecular complexity index is 1410. The average Bonchev–Trinajstić information content (AvgIpc) is 3.28. The van der Waals surface area contributed by atoms with Crippen LogP contribution in [-0.4, -0.2) is 38.1 Å². The molecule has 0 unspecified atom stereocenters. The predicted molar refractivity (Wildman–Crippen MR) is 269 cm³/mol. The second kappa shape index (κ2) is 48.2. The van der Waals surface area contributed by atoms with E-state index >= 15 is 0 Å². The van der Waals surface area contributed by atoms with Crippen molar-refractivity contribution in [3.05, 3.63) is 53.6 Å².